The molecule has 9 heteroatoms. The van der Waals surface area contributed by atoms with Crippen LogP contribution >= 0.6 is 0 Å². The molecular weight excluding hydrogens is 373 g/mol. The summed E-state index contributed by atoms with van der Waals surface area (Å²) >= 11 is 0. The van der Waals surface area contributed by atoms with Crippen LogP contribution in [0.5, 0.6) is 5.75 Å². The van der Waals surface area contributed by atoms with E-state index in [1.807, 2.05) is 0 Å². The molecule has 1 aromatic rings. The summed E-state index contributed by atoms with van der Waals surface area (Å²) in [5.74, 6) is -3.40. The minimum atomic E-state index is -0.890. The molecule has 0 bridgehead atoms. The Labute approximate surface area is 160 Å². The molecule has 1 aliphatic rings. The number of anilines is 1. The normalized spacial score (nSPS) is 13.1. The van der Waals surface area contributed by atoms with Crippen LogP contribution in [0.25, 0.3) is 0 Å². The maximum absolute atomic E-state index is 14.0. The van der Waals surface area contributed by atoms with E-state index < -0.39 is 23.7 Å². The van der Waals surface area contributed by atoms with E-state index in [9.17, 15) is 18.8 Å². The smallest absolute Gasteiger partial charge is 0.355 e. The summed E-state index contributed by atoms with van der Waals surface area (Å²) in [7, 11) is 4.67. The molecule has 0 aromatic heterocycles. The molecule has 0 aliphatic carbocycles. The van der Waals surface area contributed by atoms with Crippen molar-refractivity contribution in [2.45, 2.75) is 0 Å². The highest BCUT2D eigenvalue weighted by molar-refractivity contribution is 6.07. The summed E-state index contributed by atoms with van der Waals surface area (Å²) in [5.41, 5.74) is -0.634. The molecule has 1 aliphatic heterocycles. The van der Waals surface area contributed by atoms with Crippen LogP contribution in [0.1, 0.15) is 10.4 Å². The Kier molecular flexibility index (Phi) is 6.54. The van der Waals surface area contributed by atoms with Crippen LogP contribution in [-0.2, 0) is 23.8 Å². The number of halogens is 1. The SMILES string of the molecule is COC(=O)C1=C(C(=O)OC)N(c2c(OC)cc(F)cc2C(=O)OC)C=CC=C1. The van der Waals surface area contributed by atoms with E-state index in [1.165, 1.54) is 36.4 Å². The molecule has 1 aromatic carbocycles. The highest BCUT2D eigenvalue weighted by Gasteiger charge is 2.32. The fourth-order valence-electron chi connectivity index (χ4n) is 2.58. The zero-order valence-electron chi connectivity index (χ0n) is 15.6. The molecule has 148 valence electrons. The van der Waals surface area contributed by atoms with Gasteiger partial charge >= 0.3 is 17.9 Å². The van der Waals surface area contributed by atoms with Gasteiger partial charge in [0.2, 0.25) is 0 Å². The molecular formula is C19H18FNO7. The number of methoxy groups -OCH3 is 4. The Balaban J connectivity index is 2.89. The molecule has 0 spiro atoms. The van der Waals surface area contributed by atoms with Crippen molar-refractivity contribution >= 4 is 23.6 Å². The van der Waals surface area contributed by atoms with Crippen molar-refractivity contribution in [1.29, 1.82) is 0 Å². The van der Waals surface area contributed by atoms with Crippen molar-refractivity contribution < 1.29 is 37.7 Å². The van der Waals surface area contributed by atoms with E-state index in [0.717, 1.165) is 33.5 Å². The van der Waals surface area contributed by atoms with Crippen LogP contribution in [-0.4, -0.2) is 46.3 Å². The van der Waals surface area contributed by atoms with E-state index >= 15 is 0 Å². The quantitative estimate of drug-likeness (QED) is 0.557. The van der Waals surface area contributed by atoms with E-state index in [0.29, 0.717) is 0 Å². The van der Waals surface area contributed by atoms with Crippen LogP contribution in [0.15, 0.2) is 47.8 Å². The van der Waals surface area contributed by atoms with Gasteiger partial charge in [0.15, 0.2) is 0 Å². The van der Waals surface area contributed by atoms with Gasteiger partial charge in [-0.25, -0.2) is 18.8 Å². The predicted octanol–water partition coefficient (Wildman–Crippen LogP) is 2.11. The molecule has 0 atom stereocenters. The van der Waals surface area contributed by atoms with Crippen LogP contribution in [0.2, 0.25) is 0 Å². The first-order chi connectivity index (χ1) is 13.4. The molecule has 0 radical (unpaired) electrons. The second kappa shape index (κ2) is 8.85. The Morgan fingerprint density at radius 1 is 0.893 bits per heavy atom. The van der Waals surface area contributed by atoms with Crippen molar-refractivity contribution in [3.05, 3.63) is 59.2 Å². The number of carbonyl (C=O) groups excluding carboxylic acids is 3. The van der Waals surface area contributed by atoms with Gasteiger partial charge in [0.1, 0.15) is 23.0 Å². The minimum Gasteiger partial charge on any atom is -0.494 e. The predicted molar refractivity (Wildman–Crippen MR) is 96.1 cm³/mol. The van der Waals surface area contributed by atoms with E-state index in [4.69, 9.17) is 18.9 Å². The van der Waals surface area contributed by atoms with Crippen molar-refractivity contribution in [1.82, 2.24) is 0 Å². The van der Waals surface area contributed by atoms with Crippen molar-refractivity contribution in [2.24, 2.45) is 0 Å². The van der Waals surface area contributed by atoms with Crippen LogP contribution in [0, 0.1) is 5.82 Å². The maximum Gasteiger partial charge on any atom is 0.355 e. The van der Waals surface area contributed by atoms with Gasteiger partial charge in [0, 0.05) is 12.3 Å². The van der Waals surface area contributed by atoms with E-state index in [1.54, 1.807) is 0 Å². The van der Waals surface area contributed by atoms with Crippen LogP contribution in [0.3, 0.4) is 0 Å². The summed E-state index contributed by atoms with van der Waals surface area (Å²) in [6.07, 6.45) is 5.73. The van der Waals surface area contributed by atoms with Gasteiger partial charge in [-0.3, -0.25) is 0 Å². The third-order valence-electron chi connectivity index (χ3n) is 3.80. The highest BCUT2D eigenvalue weighted by Crippen LogP contribution is 2.38. The second-order valence-electron chi connectivity index (χ2n) is 5.31. The molecule has 28 heavy (non-hydrogen) atoms. The standard InChI is InChI=1S/C19H18FNO7/c1-25-14-10-11(20)9-13(18(23)27-3)15(14)21-8-6-5-7-12(17(22)26-2)16(21)19(24)28-4/h5-10H,1-4H3. The maximum atomic E-state index is 14.0. The number of benzene rings is 1. The number of hydrogen-bond donors (Lipinski definition) is 0. The molecule has 0 fully saturated rings. The highest BCUT2D eigenvalue weighted by atomic mass is 19.1. The number of hydrogen-bond acceptors (Lipinski definition) is 8. The van der Waals surface area contributed by atoms with Gasteiger partial charge in [-0.2, -0.15) is 0 Å². The van der Waals surface area contributed by atoms with Crippen molar-refractivity contribution in [3.63, 3.8) is 0 Å². The number of carbonyl (C=O) groups is 3. The number of nitrogens with zero attached hydrogens (tertiary/aromatic N) is 1. The zero-order valence-corrected chi connectivity index (χ0v) is 15.6. The Hall–Kier alpha value is -3.62. The lowest BCUT2D eigenvalue weighted by atomic mass is 10.1. The lowest BCUT2D eigenvalue weighted by Gasteiger charge is -2.26. The monoisotopic (exact) mass is 391 g/mol. The first kappa shape index (κ1) is 20.7. The van der Waals surface area contributed by atoms with Gasteiger partial charge in [-0.1, -0.05) is 6.08 Å². The first-order valence-corrected chi connectivity index (χ1v) is 7.90. The van der Waals surface area contributed by atoms with Crippen molar-refractivity contribution in [2.75, 3.05) is 33.3 Å². The average Bonchev–Trinajstić information content (AvgIpc) is 2.93. The Morgan fingerprint density at radius 3 is 2.11 bits per heavy atom. The lowest BCUT2D eigenvalue weighted by Crippen LogP contribution is -2.28. The first-order valence-electron chi connectivity index (χ1n) is 7.90. The summed E-state index contributed by atoms with van der Waals surface area (Å²) in [5, 5.41) is 0. The number of esters is 3. The molecule has 0 unspecified atom stereocenters. The second-order valence-corrected chi connectivity index (χ2v) is 5.31. The summed E-state index contributed by atoms with van der Waals surface area (Å²) in [6, 6.07) is 1.96. The topological polar surface area (TPSA) is 91.4 Å². The average molecular weight is 391 g/mol. The minimum absolute atomic E-state index is 0.0162. The van der Waals surface area contributed by atoms with E-state index in [2.05, 4.69) is 0 Å². The molecule has 0 saturated carbocycles. The Bertz CT molecular complexity index is 902. The lowest BCUT2D eigenvalue weighted by molar-refractivity contribution is -0.139. The van der Waals surface area contributed by atoms with Crippen LogP contribution in [0.4, 0.5) is 10.1 Å². The van der Waals surface area contributed by atoms with E-state index in [-0.39, 0.29) is 28.3 Å². The number of allylic oxidation sites excluding steroid dienone is 2. The molecule has 2 rings (SSSR count). The molecule has 0 amide bonds. The van der Waals surface area contributed by atoms with Gasteiger partial charge in [0.05, 0.1) is 39.6 Å². The Morgan fingerprint density at radius 2 is 1.54 bits per heavy atom. The molecule has 0 saturated heterocycles. The number of ether oxygens (including phenoxy) is 4. The summed E-state index contributed by atoms with van der Waals surface area (Å²) in [4.78, 5) is 38.2. The molecule has 1 heterocycles. The third kappa shape index (κ3) is 3.88. The van der Waals surface area contributed by atoms with Crippen LogP contribution < -0.4 is 9.64 Å². The van der Waals surface area contributed by atoms with Gasteiger partial charge < -0.3 is 23.8 Å². The molecule has 8 nitrogen and oxygen atoms in total. The van der Waals surface area contributed by atoms with Gasteiger partial charge in [0.25, 0.3) is 0 Å². The summed E-state index contributed by atoms with van der Waals surface area (Å²) in [6.45, 7) is 0. The largest absolute Gasteiger partial charge is 0.494 e. The zero-order chi connectivity index (χ0) is 20.8. The fourth-order valence-corrected chi connectivity index (χ4v) is 2.58. The van der Waals surface area contributed by atoms with Crippen molar-refractivity contribution in [3.8, 4) is 5.75 Å². The van der Waals surface area contributed by atoms with Gasteiger partial charge in [-0.15, -0.1) is 0 Å². The van der Waals surface area contributed by atoms with Gasteiger partial charge in [-0.05, 0) is 18.2 Å². The number of rotatable bonds is 5. The fraction of sp³-hybridized carbons (Fsp3) is 0.211. The summed E-state index contributed by atoms with van der Waals surface area (Å²) < 4.78 is 33.5. The third-order valence-corrected chi connectivity index (χ3v) is 3.80. The molecule has 0 N–H and O–H groups in total.